The molecule has 0 saturated carbocycles. The summed E-state index contributed by atoms with van der Waals surface area (Å²) in [6, 6.07) is 13.9. The molecule has 1 heterocycles. The second-order valence-corrected chi connectivity index (χ2v) is 7.15. The van der Waals surface area contributed by atoms with Gasteiger partial charge in [0.05, 0.1) is 5.75 Å². The zero-order valence-electron chi connectivity index (χ0n) is 14.9. The highest BCUT2D eigenvalue weighted by Gasteiger charge is 2.12. The number of aryl methyl sites for hydroxylation is 1. The summed E-state index contributed by atoms with van der Waals surface area (Å²) in [5.41, 5.74) is 1.35. The molecule has 0 saturated heterocycles. The third-order valence-corrected chi connectivity index (χ3v) is 4.91. The van der Waals surface area contributed by atoms with Crippen LogP contribution in [0.15, 0.2) is 53.7 Å². The van der Waals surface area contributed by atoms with Crippen LogP contribution in [0.2, 0.25) is 5.02 Å². The number of thioether (sulfide) groups is 1. The summed E-state index contributed by atoms with van der Waals surface area (Å²) in [7, 11) is 0. The molecule has 0 radical (unpaired) electrons. The van der Waals surface area contributed by atoms with Gasteiger partial charge in [0.1, 0.15) is 12.4 Å². The number of carbonyl (C=O) groups excluding carboxylic acids is 2. The number of imide groups is 1. The molecule has 9 heteroatoms. The van der Waals surface area contributed by atoms with Gasteiger partial charge in [0.25, 0.3) is 5.91 Å². The van der Waals surface area contributed by atoms with E-state index in [0.29, 0.717) is 27.3 Å². The Morgan fingerprint density at radius 3 is 2.75 bits per heavy atom. The number of halogens is 1. The number of aromatic amines is 1. The van der Waals surface area contributed by atoms with Gasteiger partial charge in [-0.15, -0.1) is 5.10 Å². The molecule has 1 aromatic heterocycles. The van der Waals surface area contributed by atoms with Crippen LogP contribution in [0.1, 0.15) is 21.7 Å². The standard InChI is InChI=1S/C19H17ClN4O3S/c1-12-9-14(7-8-15(12)20)27-10-16-21-19(24-23-16)28-11-17(25)22-18(26)13-5-3-2-4-6-13/h2-9H,10-11H2,1H3,(H,21,23,24)(H,22,25,26). The number of hydrogen-bond donors (Lipinski definition) is 2. The maximum atomic E-state index is 11.9. The van der Waals surface area contributed by atoms with Gasteiger partial charge in [0, 0.05) is 10.6 Å². The van der Waals surface area contributed by atoms with Crippen molar-refractivity contribution in [3.8, 4) is 5.75 Å². The van der Waals surface area contributed by atoms with Gasteiger partial charge in [0.15, 0.2) is 5.82 Å². The van der Waals surface area contributed by atoms with Crippen molar-refractivity contribution in [2.24, 2.45) is 0 Å². The van der Waals surface area contributed by atoms with E-state index in [0.717, 1.165) is 17.3 Å². The summed E-state index contributed by atoms with van der Waals surface area (Å²) >= 11 is 7.11. The fourth-order valence-corrected chi connectivity index (χ4v) is 2.95. The Balaban J connectivity index is 1.45. The van der Waals surface area contributed by atoms with E-state index in [9.17, 15) is 9.59 Å². The van der Waals surface area contributed by atoms with Crippen LogP contribution >= 0.6 is 23.4 Å². The molecule has 144 valence electrons. The molecule has 0 fully saturated rings. The number of rotatable bonds is 7. The number of H-pyrrole nitrogens is 1. The van der Waals surface area contributed by atoms with Gasteiger partial charge >= 0.3 is 0 Å². The highest BCUT2D eigenvalue weighted by molar-refractivity contribution is 7.99. The average molecular weight is 417 g/mol. The third kappa shape index (κ3) is 5.58. The molecule has 7 nitrogen and oxygen atoms in total. The number of aromatic nitrogens is 3. The molecule has 3 aromatic rings. The van der Waals surface area contributed by atoms with Gasteiger partial charge in [-0.05, 0) is 42.8 Å². The maximum Gasteiger partial charge on any atom is 0.257 e. The first-order valence-electron chi connectivity index (χ1n) is 8.33. The van der Waals surface area contributed by atoms with Gasteiger partial charge in [-0.25, -0.2) is 4.98 Å². The highest BCUT2D eigenvalue weighted by atomic mass is 35.5. The average Bonchev–Trinajstić information content (AvgIpc) is 3.16. The van der Waals surface area contributed by atoms with Crippen molar-refractivity contribution in [1.29, 1.82) is 0 Å². The fourth-order valence-electron chi connectivity index (χ4n) is 2.22. The van der Waals surface area contributed by atoms with Gasteiger partial charge < -0.3 is 4.74 Å². The minimum Gasteiger partial charge on any atom is -0.486 e. The summed E-state index contributed by atoms with van der Waals surface area (Å²) in [6.07, 6.45) is 0. The van der Waals surface area contributed by atoms with Crippen molar-refractivity contribution >= 4 is 35.2 Å². The Labute approximate surface area is 170 Å². The van der Waals surface area contributed by atoms with Gasteiger partial charge in [-0.3, -0.25) is 20.0 Å². The summed E-state index contributed by atoms with van der Waals surface area (Å²) < 4.78 is 5.64. The molecule has 2 N–H and O–H groups in total. The number of carbonyl (C=O) groups is 2. The van der Waals surface area contributed by atoms with Crippen molar-refractivity contribution in [3.63, 3.8) is 0 Å². The molecular formula is C19H17ClN4O3S. The SMILES string of the molecule is Cc1cc(OCc2nc(SCC(=O)NC(=O)c3ccccc3)n[nH]2)ccc1Cl. The van der Waals surface area contributed by atoms with E-state index >= 15 is 0 Å². The first-order chi connectivity index (χ1) is 13.5. The zero-order chi connectivity index (χ0) is 19.9. The lowest BCUT2D eigenvalue weighted by molar-refractivity contribution is -0.117. The molecule has 0 aliphatic heterocycles. The van der Waals surface area contributed by atoms with Crippen LogP contribution in [0.3, 0.4) is 0 Å². The fraction of sp³-hybridized carbons (Fsp3) is 0.158. The van der Waals surface area contributed by atoms with E-state index in [-0.39, 0.29) is 12.4 Å². The second-order valence-electron chi connectivity index (χ2n) is 5.80. The normalized spacial score (nSPS) is 10.5. The van der Waals surface area contributed by atoms with E-state index in [4.69, 9.17) is 16.3 Å². The first-order valence-corrected chi connectivity index (χ1v) is 9.70. The Morgan fingerprint density at radius 2 is 2.00 bits per heavy atom. The lowest BCUT2D eigenvalue weighted by atomic mass is 10.2. The van der Waals surface area contributed by atoms with E-state index in [1.807, 2.05) is 13.0 Å². The molecule has 3 rings (SSSR count). The number of nitrogens with one attached hydrogen (secondary N) is 2. The molecule has 2 amide bonds. The van der Waals surface area contributed by atoms with E-state index in [1.165, 1.54) is 0 Å². The first kappa shape index (κ1) is 19.9. The van der Waals surface area contributed by atoms with Crippen LogP contribution in [-0.4, -0.2) is 32.7 Å². The molecule has 0 atom stereocenters. The van der Waals surface area contributed by atoms with Gasteiger partial charge in [0.2, 0.25) is 11.1 Å². The molecule has 2 aromatic carbocycles. The summed E-state index contributed by atoms with van der Waals surface area (Å²) in [5.74, 6) is 0.362. The Kier molecular flexibility index (Phi) is 6.67. The van der Waals surface area contributed by atoms with Crippen molar-refractivity contribution in [2.75, 3.05) is 5.75 Å². The van der Waals surface area contributed by atoms with Crippen LogP contribution in [0, 0.1) is 6.92 Å². The molecule has 28 heavy (non-hydrogen) atoms. The molecule has 0 unspecified atom stereocenters. The quantitative estimate of drug-likeness (QED) is 0.573. The molecule has 0 spiro atoms. The summed E-state index contributed by atoms with van der Waals surface area (Å²) in [6.45, 7) is 2.10. The number of benzene rings is 2. The van der Waals surface area contributed by atoms with Gasteiger partial charge in [-0.1, -0.05) is 41.6 Å². The maximum absolute atomic E-state index is 11.9. The second kappa shape index (κ2) is 9.38. The highest BCUT2D eigenvalue weighted by Crippen LogP contribution is 2.21. The van der Waals surface area contributed by atoms with Crippen LogP contribution < -0.4 is 10.1 Å². The number of hydrogen-bond acceptors (Lipinski definition) is 6. The minimum atomic E-state index is -0.437. The number of nitrogens with zero attached hydrogens (tertiary/aromatic N) is 2. The Hall–Kier alpha value is -2.84. The topological polar surface area (TPSA) is 97.0 Å². The predicted molar refractivity (Wildman–Crippen MR) is 107 cm³/mol. The van der Waals surface area contributed by atoms with Crippen molar-refractivity contribution in [1.82, 2.24) is 20.5 Å². The van der Waals surface area contributed by atoms with Crippen molar-refractivity contribution in [2.45, 2.75) is 18.7 Å². The lowest BCUT2D eigenvalue weighted by Gasteiger charge is -2.05. The van der Waals surface area contributed by atoms with Gasteiger partial charge in [-0.2, -0.15) is 0 Å². The predicted octanol–water partition coefficient (Wildman–Crippen LogP) is 3.39. The van der Waals surface area contributed by atoms with Crippen LogP contribution in [0.5, 0.6) is 5.75 Å². The van der Waals surface area contributed by atoms with E-state index < -0.39 is 11.8 Å². The Bertz CT molecular complexity index is 978. The van der Waals surface area contributed by atoms with Crippen LogP contribution in [-0.2, 0) is 11.4 Å². The third-order valence-electron chi connectivity index (χ3n) is 3.64. The lowest BCUT2D eigenvalue weighted by Crippen LogP contribution is -2.31. The molecule has 0 aliphatic rings. The zero-order valence-corrected chi connectivity index (χ0v) is 16.5. The smallest absolute Gasteiger partial charge is 0.257 e. The van der Waals surface area contributed by atoms with Crippen molar-refractivity contribution < 1.29 is 14.3 Å². The Morgan fingerprint density at radius 1 is 1.21 bits per heavy atom. The minimum absolute atomic E-state index is 0.0209. The van der Waals surface area contributed by atoms with E-state index in [1.54, 1.807) is 42.5 Å². The number of amides is 2. The largest absolute Gasteiger partial charge is 0.486 e. The molecule has 0 aliphatic carbocycles. The van der Waals surface area contributed by atoms with Crippen LogP contribution in [0.25, 0.3) is 0 Å². The number of ether oxygens (including phenoxy) is 1. The molecular weight excluding hydrogens is 400 g/mol. The van der Waals surface area contributed by atoms with Crippen molar-refractivity contribution in [3.05, 3.63) is 70.5 Å². The summed E-state index contributed by atoms with van der Waals surface area (Å²) in [4.78, 5) is 28.1. The van der Waals surface area contributed by atoms with E-state index in [2.05, 4.69) is 20.5 Å². The summed E-state index contributed by atoms with van der Waals surface area (Å²) in [5, 5.41) is 10.2. The van der Waals surface area contributed by atoms with Crippen LogP contribution in [0.4, 0.5) is 0 Å². The monoisotopic (exact) mass is 416 g/mol. The molecule has 0 bridgehead atoms.